The van der Waals surface area contributed by atoms with Crippen LogP contribution in [0.2, 0.25) is 5.02 Å². The second-order valence-electron chi connectivity index (χ2n) is 11.5. The smallest absolute Gasteiger partial charge is 0.251 e. The van der Waals surface area contributed by atoms with E-state index in [9.17, 15) is 18.3 Å². The third-order valence-electron chi connectivity index (χ3n) is 7.42. The van der Waals surface area contributed by atoms with Gasteiger partial charge in [-0.2, -0.15) is 0 Å². The number of carbonyl (C=O) groups excluding carboxylic acids is 1. The molecule has 3 atom stereocenters. The predicted molar refractivity (Wildman–Crippen MR) is 170 cm³/mol. The first-order valence-corrected chi connectivity index (χ1v) is 16.8. The molecule has 1 unspecified atom stereocenters. The Kier molecular flexibility index (Phi) is 12.8. The molecule has 1 aliphatic heterocycles. The summed E-state index contributed by atoms with van der Waals surface area (Å²) in [6.45, 7) is 9.81. The molecule has 1 saturated heterocycles. The normalized spacial score (nSPS) is 17.2. The van der Waals surface area contributed by atoms with Gasteiger partial charge in [-0.1, -0.05) is 50.4 Å². The summed E-state index contributed by atoms with van der Waals surface area (Å²) in [7, 11) is -3.45. The number of nitrogens with one attached hydrogen (secondary N) is 3. The third kappa shape index (κ3) is 10.5. The maximum atomic E-state index is 13.6. The maximum Gasteiger partial charge on any atom is 0.251 e. The van der Waals surface area contributed by atoms with Gasteiger partial charge in [0, 0.05) is 41.9 Å². The Bertz CT molecular complexity index is 1240. The molecule has 1 aliphatic rings. The number of hydrogen-bond donors (Lipinski definition) is 4. The van der Waals surface area contributed by atoms with Crippen molar-refractivity contribution in [1.29, 1.82) is 0 Å². The summed E-state index contributed by atoms with van der Waals surface area (Å²) in [6, 6.07) is 12.1. The highest BCUT2D eigenvalue weighted by Crippen LogP contribution is 2.28. The van der Waals surface area contributed by atoms with Gasteiger partial charge in [0.25, 0.3) is 5.91 Å². The zero-order valence-electron chi connectivity index (χ0n) is 24.8. The van der Waals surface area contributed by atoms with Crippen molar-refractivity contribution in [3.8, 4) is 0 Å². The average molecular weight is 607 g/mol. The first-order valence-electron chi connectivity index (χ1n) is 14.8. The van der Waals surface area contributed by atoms with Crippen LogP contribution in [-0.4, -0.2) is 63.0 Å². The topological polar surface area (TPSA) is 111 Å². The minimum absolute atomic E-state index is 0.0940. The Morgan fingerprint density at radius 2 is 1.88 bits per heavy atom. The van der Waals surface area contributed by atoms with Gasteiger partial charge in [0.05, 0.1) is 23.6 Å². The van der Waals surface area contributed by atoms with Gasteiger partial charge < -0.3 is 21.1 Å². The summed E-state index contributed by atoms with van der Waals surface area (Å²) in [6.07, 6.45) is 4.21. The second-order valence-corrected chi connectivity index (χ2v) is 14.0. The van der Waals surface area contributed by atoms with E-state index in [2.05, 4.69) is 36.7 Å². The summed E-state index contributed by atoms with van der Waals surface area (Å²) in [5.41, 5.74) is 2.36. The average Bonchev–Trinajstić information content (AvgIpc) is 2.91. The van der Waals surface area contributed by atoms with E-state index < -0.39 is 22.2 Å². The largest absolute Gasteiger partial charge is 0.390 e. The molecule has 0 spiro atoms. The molecule has 4 N–H and O–H groups in total. The van der Waals surface area contributed by atoms with Crippen molar-refractivity contribution in [2.75, 3.05) is 35.0 Å². The van der Waals surface area contributed by atoms with E-state index in [0.29, 0.717) is 60.4 Å². The fraction of sp³-hybridized carbons (Fsp3) is 0.581. The van der Waals surface area contributed by atoms with E-state index in [4.69, 9.17) is 11.6 Å². The molecule has 228 valence electrons. The molecular formula is C31H47ClN4O4S. The summed E-state index contributed by atoms with van der Waals surface area (Å²) in [4.78, 5) is 13.6. The SMILES string of the molecule is CCNc1cc(C(=O)N[C@@H](Cc2cccc(Cl)c2)[C@H](O)CNC(C)CCCC(C)C)cc(N2CCCCS2(=O)=O)c1. The second kappa shape index (κ2) is 15.8. The van der Waals surface area contributed by atoms with Crippen molar-refractivity contribution in [1.82, 2.24) is 10.6 Å². The summed E-state index contributed by atoms with van der Waals surface area (Å²) in [5, 5.41) is 21.5. The lowest BCUT2D eigenvalue weighted by atomic mass is 9.99. The van der Waals surface area contributed by atoms with Crippen LogP contribution in [0.3, 0.4) is 0 Å². The predicted octanol–water partition coefficient (Wildman–Crippen LogP) is 5.21. The lowest BCUT2D eigenvalue weighted by Crippen LogP contribution is -2.49. The van der Waals surface area contributed by atoms with Crippen molar-refractivity contribution < 1.29 is 18.3 Å². The van der Waals surface area contributed by atoms with Crippen LogP contribution < -0.4 is 20.3 Å². The molecule has 10 heteroatoms. The first-order chi connectivity index (χ1) is 19.5. The van der Waals surface area contributed by atoms with Gasteiger partial charge in [0.2, 0.25) is 10.0 Å². The molecule has 1 fully saturated rings. The quantitative estimate of drug-likeness (QED) is 0.222. The highest BCUT2D eigenvalue weighted by molar-refractivity contribution is 7.92. The number of rotatable bonds is 15. The van der Waals surface area contributed by atoms with E-state index >= 15 is 0 Å². The number of halogens is 1. The van der Waals surface area contributed by atoms with Crippen LogP contribution in [0.5, 0.6) is 0 Å². The van der Waals surface area contributed by atoms with Crippen LogP contribution in [0.25, 0.3) is 0 Å². The molecule has 3 rings (SSSR count). The van der Waals surface area contributed by atoms with Crippen LogP contribution in [0.4, 0.5) is 11.4 Å². The molecule has 41 heavy (non-hydrogen) atoms. The Labute approximate surface area is 251 Å². The van der Waals surface area contributed by atoms with Gasteiger partial charge in [0.15, 0.2) is 0 Å². The fourth-order valence-electron chi connectivity index (χ4n) is 5.12. The number of aliphatic hydroxyl groups excluding tert-OH is 1. The molecule has 1 amide bonds. The zero-order valence-corrected chi connectivity index (χ0v) is 26.4. The Balaban J connectivity index is 1.81. The molecule has 2 aromatic rings. The van der Waals surface area contributed by atoms with E-state index in [0.717, 1.165) is 31.2 Å². The molecular weight excluding hydrogens is 560 g/mol. The highest BCUT2D eigenvalue weighted by Gasteiger charge is 2.28. The van der Waals surface area contributed by atoms with Crippen LogP contribution in [0, 0.1) is 5.92 Å². The van der Waals surface area contributed by atoms with Gasteiger partial charge >= 0.3 is 0 Å². The number of carbonyl (C=O) groups is 1. The summed E-state index contributed by atoms with van der Waals surface area (Å²) >= 11 is 6.22. The van der Waals surface area contributed by atoms with Crippen LogP contribution in [0.1, 0.15) is 75.7 Å². The monoisotopic (exact) mass is 606 g/mol. The minimum Gasteiger partial charge on any atom is -0.390 e. The Morgan fingerprint density at radius 3 is 2.56 bits per heavy atom. The van der Waals surface area contributed by atoms with Crippen LogP contribution >= 0.6 is 11.6 Å². The molecule has 0 aromatic heterocycles. The van der Waals surface area contributed by atoms with E-state index in [-0.39, 0.29) is 17.7 Å². The van der Waals surface area contributed by atoms with Crippen LogP contribution in [0.15, 0.2) is 42.5 Å². The summed E-state index contributed by atoms with van der Waals surface area (Å²) in [5.74, 6) is 0.375. The van der Waals surface area contributed by atoms with Crippen molar-refractivity contribution >= 4 is 38.9 Å². The van der Waals surface area contributed by atoms with E-state index in [1.165, 1.54) is 4.31 Å². The highest BCUT2D eigenvalue weighted by atomic mass is 35.5. The van der Waals surface area contributed by atoms with Crippen molar-refractivity contribution in [2.45, 2.75) is 84.4 Å². The number of amides is 1. The third-order valence-corrected chi connectivity index (χ3v) is 9.52. The lowest BCUT2D eigenvalue weighted by molar-refractivity contribution is 0.0825. The van der Waals surface area contributed by atoms with Crippen molar-refractivity contribution in [3.63, 3.8) is 0 Å². The van der Waals surface area contributed by atoms with Gasteiger partial charge in [-0.15, -0.1) is 0 Å². The van der Waals surface area contributed by atoms with Gasteiger partial charge in [-0.3, -0.25) is 9.10 Å². The number of anilines is 2. The Morgan fingerprint density at radius 1 is 1.10 bits per heavy atom. The zero-order chi connectivity index (χ0) is 30.0. The molecule has 8 nitrogen and oxygen atoms in total. The first kappa shape index (κ1) is 33.2. The fourth-order valence-corrected chi connectivity index (χ4v) is 6.96. The summed E-state index contributed by atoms with van der Waals surface area (Å²) < 4.78 is 27.0. The molecule has 0 bridgehead atoms. The number of nitrogens with zero attached hydrogens (tertiary/aromatic N) is 1. The van der Waals surface area contributed by atoms with Crippen molar-refractivity contribution in [2.24, 2.45) is 5.92 Å². The van der Waals surface area contributed by atoms with Gasteiger partial charge in [-0.25, -0.2) is 8.42 Å². The van der Waals surface area contributed by atoms with E-state index in [1.807, 2.05) is 25.1 Å². The van der Waals surface area contributed by atoms with E-state index in [1.54, 1.807) is 24.3 Å². The number of hydrogen-bond acceptors (Lipinski definition) is 6. The molecule has 2 aromatic carbocycles. The molecule has 0 saturated carbocycles. The Hall–Kier alpha value is -2.33. The molecule has 0 radical (unpaired) electrons. The lowest BCUT2D eigenvalue weighted by Gasteiger charge is -2.29. The maximum absolute atomic E-state index is 13.6. The molecule has 0 aliphatic carbocycles. The molecule has 1 heterocycles. The van der Waals surface area contributed by atoms with Gasteiger partial charge in [-0.05, 0) is 81.3 Å². The number of benzene rings is 2. The number of sulfonamides is 1. The van der Waals surface area contributed by atoms with Crippen molar-refractivity contribution in [3.05, 3.63) is 58.6 Å². The standard InChI is InChI=1S/C31H47ClN4O4S/c1-5-33-27-18-25(19-28(20-27)36-14-6-7-15-41(36,39)40)31(38)35-29(17-24-12-9-13-26(32)16-24)30(37)21-34-23(4)11-8-10-22(2)3/h9,12-13,16,18-20,22-23,29-30,33-34,37H,5-8,10-11,14-15,17,21H2,1-4H3,(H,35,38)/t23?,29-,30+/m0/s1. The number of aliphatic hydroxyl groups is 1. The van der Waals surface area contributed by atoms with Gasteiger partial charge in [0.1, 0.15) is 0 Å². The van der Waals surface area contributed by atoms with Crippen LogP contribution in [-0.2, 0) is 16.4 Å². The minimum atomic E-state index is -3.45.